The lowest BCUT2D eigenvalue weighted by Crippen LogP contribution is -2.01. The second-order valence-electron chi connectivity index (χ2n) is 7.24. The molecular weight excluding hydrogens is 422 g/mol. The Bertz CT molecular complexity index is 1420. The highest BCUT2D eigenvalue weighted by Gasteiger charge is 2.38. The molecule has 0 saturated heterocycles. The van der Waals surface area contributed by atoms with Crippen molar-refractivity contribution in [2.75, 3.05) is 0 Å². The van der Waals surface area contributed by atoms with Crippen molar-refractivity contribution in [1.82, 2.24) is 0 Å². The molecule has 5 rings (SSSR count). The minimum atomic E-state index is -3.88. The maximum absolute atomic E-state index is 13.6. The van der Waals surface area contributed by atoms with Gasteiger partial charge in [0, 0.05) is 12.1 Å². The molecule has 0 radical (unpaired) electrons. The van der Waals surface area contributed by atoms with E-state index < -0.39 is 9.84 Å². The summed E-state index contributed by atoms with van der Waals surface area (Å²) in [5, 5.41) is 0. The minimum Gasteiger partial charge on any atom is -0.457 e. The van der Waals surface area contributed by atoms with Crippen molar-refractivity contribution in [3.8, 4) is 23.0 Å². The summed E-state index contributed by atoms with van der Waals surface area (Å²) in [7, 11) is -3.88. The van der Waals surface area contributed by atoms with Gasteiger partial charge in [0.25, 0.3) is 0 Å². The van der Waals surface area contributed by atoms with Gasteiger partial charge in [0.15, 0.2) is 0 Å². The Balaban J connectivity index is 1.69. The molecule has 0 atom stereocenters. The summed E-state index contributed by atoms with van der Waals surface area (Å²) in [5.74, 6) is 1.79. The van der Waals surface area contributed by atoms with E-state index in [1.807, 2.05) is 42.5 Å². The van der Waals surface area contributed by atoms with Crippen LogP contribution in [-0.2, 0) is 9.84 Å². The van der Waals surface area contributed by atoms with Crippen molar-refractivity contribution in [3.05, 3.63) is 114 Å². The summed E-state index contributed by atoms with van der Waals surface area (Å²) in [6, 6.07) is 30.3. The van der Waals surface area contributed by atoms with E-state index in [4.69, 9.17) is 15.2 Å². The molecule has 0 fully saturated rings. The molecule has 1 heterocycles. The quantitative estimate of drug-likeness (QED) is 0.421. The van der Waals surface area contributed by atoms with Crippen molar-refractivity contribution >= 4 is 20.4 Å². The smallest absolute Gasteiger partial charge is 0.210 e. The van der Waals surface area contributed by atoms with Crippen LogP contribution in [0.3, 0.4) is 0 Å². The molecule has 1 aliphatic rings. The first-order chi connectivity index (χ1) is 15.5. The summed E-state index contributed by atoms with van der Waals surface area (Å²) in [4.78, 5) is 0.135. The highest BCUT2D eigenvalue weighted by molar-refractivity contribution is 8.01. The molecule has 2 N–H and O–H groups in total. The SMILES string of the molecule is NC1=C(c2ccccc2)S(=O)(=O)c2cc(Oc3ccccc3)cc(Oc3ccccc3)c21. The Labute approximate surface area is 186 Å². The Morgan fingerprint density at radius 1 is 0.625 bits per heavy atom. The number of fused-ring (bicyclic) bond motifs is 1. The normalized spacial score (nSPS) is 14.1. The van der Waals surface area contributed by atoms with Gasteiger partial charge in [0.1, 0.15) is 27.9 Å². The monoisotopic (exact) mass is 441 g/mol. The fourth-order valence-electron chi connectivity index (χ4n) is 3.69. The molecule has 4 aromatic carbocycles. The van der Waals surface area contributed by atoms with Crippen molar-refractivity contribution < 1.29 is 17.9 Å². The zero-order valence-corrected chi connectivity index (χ0v) is 17.8. The Morgan fingerprint density at radius 3 is 1.75 bits per heavy atom. The molecule has 32 heavy (non-hydrogen) atoms. The van der Waals surface area contributed by atoms with Crippen LogP contribution in [0.1, 0.15) is 11.1 Å². The number of hydrogen-bond acceptors (Lipinski definition) is 5. The molecule has 1 aliphatic heterocycles. The van der Waals surface area contributed by atoms with E-state index in [2.05, 4.69) is 0 Å². The van der Waals surface area contributed by atoms with E-state index in [0.717, 1.165) is 0 Å². The number of nitrogens with two attached hydrogens (primary N) is 1. The van der Waals surface area contributed by atoms with Crippen LogP contribution in [0.25, 0.3) is 10.6 Å². The molecule has 5 nitrogen and oxygen atoms in total. The number of ether oxygens (including phenoxy) is 2. The summed E-state index contributed by atoms with van der Waals surface area (Å²) in [6.07, 6.45) is 0. The largest absolute Gasteiger partial charge is 0.457 e. The number of para-hydroxylation sites is 2. The van der Waals surface area contributed by atoms with E-state index in [0.29, 0.717) is 34.1 Å². The zero-order chi connectivity index (χ0) is 22.1. The first kappa shape index (κ1) is 19.9. The van der Waals surface area contributed by atoms with Gasteiger partial charge in [0.05, 0.1) is 16.2 Å². The average Bonchev–Trinajstić information content (AvgIpc) is 3.01. The zero-order valence-electron chi connectivity index (χ0n) is 16.9. The van der Waals surface area contributed by atoms with Gasteiger partial charge >= 0.3 is 0 Å². The molecular formula is C26H19NO4S. The third-order valence-corrected chi connectivity index (χ3v) is 6.99. The maximum atomic E-state index is 13.6. The van der Waals surface area contributed by atoms with E-state index in [1.54, 1.807) is 54.6 Å². The van der Waals surface area contributed by atoms with Crippen LogP contribution >= 0.6 is 0 Å². The molecule has 0 aliphatic carbocycles. The van der Waals surface area contributed by atoms with Crippen LogP contribution in [-0.4, -0.2) is 8.42 Å². The third kappa shape index (κ3) is 3.50. The van der Waals surface area contributed by atoms with Crippen LogP contribution in [0.2, 0.25) is 0 Å². The van der Waals surface area contributed by atoms with Gasteiger partial charge in [-0.15, -0.1) is 0 Å². The van der Waals surface area contributed by atoms with Crippen LogP contribution in [0, 0.1) is 0 Å². The van der Waals surface area contributed by atoms with Crippen LogP contribution in [0.5, 0.6) is 23.0 Å². The maximum Gasteiger partial charge on any atom is 0.210 e. The Morgan fingerprint density at radius 2 is 1.16 bits per heavy atom. The lowest BCUT2D eigenvalue weighted by atomic mass is 10.1. The minimum absolute atomic E-state index is 0.0632. The Hall–Kier alpha value is -4.03. The van der Waals surface area contributed by atoms with Crippen molar-refractivity contribution in [2.45, 2.75) is 4.90 Å². The third-order valence-electron chi connectivity index (χ3n) is 5.10. The van der Waals surface area contributed by atoms with E-state index in [1.165, 1.54) is 6.07 Å². The van der Waals surface area contributed by atoms with Gasteiger partial charge in [-0.2, -0.15) is 0 Å². The standard InChI is InChI=1S/C26H19NO4S/c27-25-24-22(31-20-14-8-3-9-15-20)16-21(30-19-12-6-2-7-13-19)17-23(24)32(28,29)26(25)18-10-4-1-5-11-18/h1-17H,27H2. The number of rotatable bonds is 5. The number of benzene rings is 4. The first-order valence-corrected chi connectivity index (χ1v) is 11.5. The average molecular weight is 442 g/mol. The van der Waals surface area contributed by atoms with Crippen molar-refractivity contribution in [3.63, 3.8) is 0 Å². The number of sulfone groups is 1. The van der Waals surface area contributed by atoms with Gasteiger partial charge < -0.3 is 15.2 Å². The van der Waals surface area contributed by atoms with Gasteiger partial charge in [-0.3, -0.25) is 0 Å². The van der Waals surface area contributed by atoms with Crippen LogP contribution < -0.4 is 15.2 Å². The fourth-order valence-corrected chi connectivity index (χ4v) is 5.50. The van der Waals surface area contributed by atoms with Crippen molar-refractivity contribution in [2.24, 2.45) is 5.73 Å². The summed E-state index contributed by atoms with van der Waals surface area (Å²) < 4.78 is 39.1. The molecule has 0 spiro atoms. The molecule has 4 aromatic rings. The van der Waals surface area contributed by atoms with Crippen LogP contribution in [0.4, 0.5) is 0 Å². The summed E-state index contributed by atoms with van der Waals surface area (Å²) in [5.41, 5.74) is 7.46. The highest BCUT2D eigenvalue weighted by atomic mass is 32.2. The molecule has 0 unspecified atom stereocenters. The molecule has 6 heteroatoms. The van der Waals surface area contributed by atoms with Gasteiger partial charge in [-0.1, -0.05) is 66.7 Å². The summed E-state index contributed by atoms with van der Waals surface area (Å²) in [6.45, 7) is 0. The fraction of sp³-hybridized carbons (Fsp3) is 0. The van der Waals surface area contributed by atoms with E-state index >= 15 is 0 Å². The van der Waals surface area contributed by atoms with Gasteiger partial charge in [-0.05, 0) is 29.8 Å². The lowest BCUT2D eigenvalue weighted by Gasteiger charge is -2.14. The highest BCUT2D eigenvalue weighted by Crippen LogP contribution is 2.49. The van der Waals surface area contributed by atoms with Gasteiger partial charge in [-0.25, -0.2) is 8.42 Å². The second-order valence-corrected chi connectivity index (χ2v) is 9.09. The predicted octanol–water partition coefficient (Wildman–Crippen LogP) is 5.84. The first-order valence-electron chi connectivity index (χ1n) is 9.98. The molecule has 158 valence electrons. The molecule has 0 amide bonds. The topological polar surface area (TPSA) is 78.6 Å². The lowest BCUT2D eigenvalue weighted by molar-refractivity contribution is 0.456. The van der Waals surface area contributed by atoms with Crippen LogP contribution in [0.15, 0.2) is 108 Å². The van der Waals surface area contributed by atoms with E-state index in [-0.39, 0.29) is 15.5 Å². The van der Waals surface area contributed by atoms with E-state index in [9.17, 15) is 8.42 Å². The van der Waals surface area contributed by atoms with Gasteiger partial charge in [0.2, 0.25) is 9.84 Å². The number of hydrogen-bond donors (Lipinski definition) is 1. The van der Waals surface area contributed by atoms with Crippen molar-refractivity contribution in [1.29, 1.82) is 0 Å². The molecule has 0 aromatic heterocycles. The molecule has 0 bridgehead atoms. The molecule has 0 saturated carbocycles. The second kappa shape index (κ2) is 7.90. The Kier molecular flexibility index (Phi) is 4.92. The summed E-state index contributed by atoms with van der Waals surface area (Å²) >= 11 is 0. The predicted molar refractivity (Wildman–Crippen MR) is 124 cm³/mol.